The monoisotopic (exact) mass is 276 g/mol. The third kappa shape index (κ3) is 1.76. The van der Waals surface area contributed by atoms with Crippen LogP contribution in [0.3, 0.4) is 0 Å². The van der Waals surface area contributed by atoms with Crippen molar-refractivity contribution in [2.45, 2.75) is 6.92 Å². The second-order valence-electron chi connectivity index (χ2n) is 3.99. The molecule has 0 radical (unpaired) electrons. The molecule has 0 aliphatic carbocycles. The number of hydrogen-bond donors (Lipinski definition) is 0. The number of carbonyl (C=O) groups is 1. The molecule has 1 aromatic carbocycles. The van der Waals surface area contributed by atoms with Gasteiger partial charge in [-0.2, -0.15) is 0 Å². The van der Waals surface area contributed by atoms with Crippen molar-refractivity contribution in [3.8, 4) is 0 Å². The Morgan fingerprint density at radius 3 is 2.67 bits per heavy atom. The van der Waals surface area contributed by atoms with Gasteiger partial charge in [0, 0.05) is 10.9 Å². The topological polar surface area (TPSA) is 30.2 Å². The van der Waals surface area contributed by atoms with E-state index < -0.39 is 0 Å². The van der Waals surface area contributed by atoms with Crippen molar-refractivity contribution in [3.05, 3.63) is 56.9 Å². The number of halogens is 1. The van der Waals surface area contributed by atoms with Crippen LogP contribution in [0.1, 0.15) is 21.0 Å². The molecule has 0 unspecified atom stereocenters. The lowest BCUT2D eigenvalue weighted by Crippen LogP contribution is -1.98. The fourth-order valence-corrected chi connectivity index (χ4v) is 2.92. The van der Waals surface area contributed by atoms with Crippen LogP contribution in [-0.4, -0.2) is 5.78 Å². The molecule has 0 atom stereocenters. The normalized spacial score (nSPS) is 11.0. The summed E-state index contributed by atoms with van der Waals surface area (Å²) in [6.45, 7) is 1.90. The molecule has 0 fully saturated rings. The number of rotatable bonds is 2. The lowest BCUT2D eigenvalue weighted by atomic mass is 10.1. The fraction of sp³-hybridized carbons (Fsp3) is 0.0714. The lowest BCUT2D eigenvalue weighted by Gasteiger charge is -1.94. The van der Waals surface area contributed by atoms with Crippen LogP contribution in [0.25, 0.3) is 11.0 Å². The van der Waals surface area contributed by atoms with E-state index in [9.17, 15) is 4.79 Å². The van der Waals surface area contributed by atoms with Crippen LogP contribution in [0.5, 0.6) is 0 Å². The quantitative estimate of drug-likeness (QED) is 0.636. The van der Waals surface area contributed by atoms with Crippen molar-refractivity contribution in [2.75, 3.05) is 0 Å². The molecule has 90 valence electrons. The molecule has 18 heavy (non-hydrogen) atoms. The van der Waals surface area contributed by atoms with Crippen LogP contribution in [-0.2, 0) is 0 Å². The minimum Gasteiger partial charge on any atom is -0.452 e. The summed E-state index contributed by atoms with van der Waals surface area (Å²) in [4.78, 5) is 12.9. The molecule has 3 aromatic rings. The lowest BCUT2D eigenvalue weighted by molar-refractivity contribution is 0.101. The molecule has 0 bridgehead atoms. The van der Waals surface area contributed by atoms with Gasteiger partial charge in [-0.3, -0.25) is 4.79 Å². The molecule has 0 aliphatic rings. The molecule has 0 saturated heterocycles. The highest BCUT2D eigenvalue weighted by Crippen LogP contribution is 2.29. The van der Waals surface area contributed by atoms with Crippen molar-refractivity contribution in [1.82, 2.24) is 0 Å². The van der Waals surface area contributed by atoms with Crippen molar-refractivity contribution < 1.29 is 9.21 Å². The van der Waals surface area contributed by atoms with Gasteiger partial charge in [0.2, 0.25) is 5.78 Å². The van der Waals surface area contributed by atoms with Crippen LogP contribution < -0.4 is 0 Å². The highest BCUT2D eigenvalue weighted by molar-refractivity contribution is 7.18. The summed E-state index contributed by atoms with van der Waals surface area (Å²) in [5.74, 6) is 0.287. The predicted octanol–water partition coefficient (Wildman–Crippen LogP) is 4.69. The Balaban J connectivity index is 2.14. The van der Waals surface area contributed by atoms with Crippen molar-refractivity contribution in [3.63, 3.8) is 0 Å². The number of hydrogen-bond acceptors (Lipinski definition) is 3. The molecule has 2 aromatic heterocycles. The number of furan rings is 1. The van der Waals surface area contributed by atoms with E-state index in [4.69, 9.17) is 16.0 Å². The minimum absolute atomic E-state index is 0.111. The predicted molar refractivity (Wildman–Crippen MR) is 73.7 cm³/mol. The van der Waals surface area contributed by atoms with E-state index in [1.54, 1.807) is 12.1 Å². The Kier molecular flexibility index (Phi) is 2.73. The number of fused-ring (bicyclic) bond motifs is 1. The van der Waals surface area contributed by atoms with Gasteiger partial charge in [-0.15, -0.1) is 11.3 Å². The highest BCUT2D eigenvalue weighted by atomic mass is 35.5. The van der Waals surface area contributed by atoms with Crippen molar-refractivity contribution in [1.29, 1.82) is 0 Å². The second-order valence-corrected chi connectivity index (χ2v) is 5.70. The van der Waals surface area contributed by atoms with Crippen LogP contribution >= 0.6 is 22.9 Å². The zero-order valence-corrected chi connectivity index (χ0v) is 11.1. The first-order valence-corrected chi connectivity index (χ1v) is 6.64. The number of carbonyl (C=O) groups excluding carboxylic acids is 1. The maximum absolute atomic E-state index is 12.3. The highest BCUT2D eigenvalue weighted by Gasteiger charge is 2.20. The Hall–Kier alpha value is -1.58. The average molecular weight is 277 g/mol. The van der Waals surface area contributed by atoms with Gasteiger partial charge in [0.1, 0.15) is 5.58 Å². The van der Waals surface area contributed by atoms with Crippen molar-refractivity contribution >= 4 is 39.7 Å². The van der Waals surface area contributed by atoms with E-state index in [1.165, 1.54) is 11.3 Å². The Morgan fingerprint density at radius 1 is 1.22 bits per heavy atom. The van der Waals surface area contributed by atoms with Crippen LogP contribution in [0, 0.1) is 6.92 Å². The summed E-state index contributed by atoms with van der Waals surface area (Å²) >= 11 is 7.11. The first-order chi connectivity index (χ1) is 8.66. The Morgan fingerprint density at radius 2 is 2.00 bits per heavy atom. The van der Waals surface area contributed by atoms with Crippen LogP contribution in [0.15, 0.2) is 40.8 Å². The molecule has 0 spiro atoms. The maximum Gasteiger partial charge on any atom is 0.238 e. The number of ketones is 1. The summed E-state index contributed by atoms with van der Waals surface area (Å²) in [5.41, 5.74) is 1.61. The largest absolute Gasteiger partial charge is 0.452 e. The molecule has 0 amide bonds. The maximum atomic E-state index is 12.3. The summed E-state index contributed by atoms with van der Waals surface area (Å²) in [5, 5.41) is 0.975. The van der Waals surface area contributed by atoms with Gasteiger partial charge >= 0.3 is 0 Å². The third-order valence-corrected chi connectivity index (χ3v) is 4.08. The minimum atomic E-state index is -0.111. The molecule has 4 heteroatoms. The number of benzene rings is 1. The zero-order valence-electron chi connectivity index (χ0n) is 9.57. The van der Waals surface area contributed by atoms with E-state index in [-0.39, 0.29) is 5.78 Å². The summed E-state index contributed by atoms with van der Waals surface area (Å²) in [6.07, 6.45) is 0. The molecule has 2 heterocycles. The van der Waals surface area contributed by atoms with Crippen LogP contribution in [0.4, 0.5) is 0 Å². The van der Waals surface area contributed by atoms with Gasteiger partial charge in [-0.25, -0.2) is 0 Å². The SMILES string of the molecule is Cc1c(C(=O)c2ccc(Cl)s2)oc2ccccc12. The molecule has 0 N–H and O–H groups in total. The summed E-state index contributed by atoms with van der Waals surface area (Å²) < 4.78 is 6.24. The van der Waals surface area contributed by atoms with Gasteiger partial charge in [0.15, 0.2) is 5.76 Å². The average Bonchev–Trinajstić information content (AvgIpc) is 2.94. The van der Waals surface area contributed by atoms with Gasteiger partial charge < -0.3 is 4.42 Å². The smallest absolute Gasteiger partial charge is 0.238 e. The fourth-order valence-electron chi connectivity index (χ4n) is 1.94. The number of thiophene rings is 1. The van der Waals surface area contributed by atoms with E-state index in [1.807, 2.05) is 31.2 Å². The Bertz CT molecular complexity index is 739. The van der Waals surface area contributed by atoms with Gasteiger partial charge in [-0.05, 0) is 25.1 Å². The standard InChI is InChI=1S/C14H9ClO2S/c1-8-9-4-2-3-5-10(9)17-14(8)13(16)11-6-7-12(15)18-11/h2-7H,1H3. The van der Waals surface area contributed by atoms with Crippen LogP contribution in [0.2, 0.25) is 4.34 Å². The molecule has 0 saturated carbocycles. The zero-order chi connectivity index (χ0) is 12.7. The first kappa shape index (κ1) is 11.5. The van der Waals surface area contributed by atoms with E-state index in [0.717, 1.165) is 16.5 Å². The summed E-state index contributed by atoms with van der Waals surface area (Å²) in [6, 6.07) is 11.1. The van der Waals surface area contributed by atoms with Gasteiger partial charge in [0.05, 0.1) is 9.21 Å². The molecular formula is C14H9ClO2S. The first-order valence-electron chi connectivity index (χ1n) is 5.45. The molecular weight excluding hydrogens is 268 g/mol. The molecule has 3 rings (SSSR count). The second kappa shape index (κ2) is 4.26. The number of para-hydroxylation sites is 1. The van der Waals surface area contributed by atoms with E-state index in [2.05, 4.69) is 0 Å². The van der Waals surface area contributed by atoms with Crippen molar-refractivity contribution in [2.24, 2.45) is 0 Å². The third-order valence-electron chi connectivity index (χ3n) is 2.85. The van der Waals surface area contributed by atoms with Gasteiger partial charge in [0.25, 0.3) is 0 Å². The summed E-state index contributed by atoms with van der Waals surface area (Å²) in [7, 11) is 0. The van der Waals surface area contributed by atoms with E-state index in [0.29, 0.717) is 15.0 Å². The van der Waals surface area contributed by atoms with E-state index >= 15 is 0 Å². The Labute approximate surface area is 113 Å². The van der Waals surface area contributed by atoms with Gasteiger partial charge in [-0.1, -0.05) is 29.8 Å². The molecule has 2 nitrogen and oxygen atoms in total. The molecule has 0 aliphatic heterocycles. The number of aryl methyl sites for hydroxylation is 1.